The summed E-state index contributed by atoms with van der Waals surface area (Å²) < 4.78 is 13.5. The standard InChI is InChI=1S/C56H34N4O/c1-2-17-40-39(16-1)41-18-3-5-20-43(41)48-29-31-58-34-49(46-23-7-9-24-51(46)59-35-50(55(48)56(58)59)44-21-6-4-19-42(40)44)36-14-13-15-37(32-36)61-38-27-28-47-45-22-8-10-25-52(45)60(53(47)33-38)54-26-11-12-30-57-54/h1-33,35H. The highest BCUT2D eigenvalue weighted by Gasteiger charge is 2.20. The fraction of sp³-hybridized carbons (Fsp3) is 0. The van der Waals surface area contributed by atoms with Crippen LogP contribution >= 0.6 is 0 Å². The van der Waals surface area contributed by atoms with Crippen molar-refractivity contribution in [3.05, 3.63) is 213 Å². The predicted molar refractivity (Wildman–Crippen MR) is 250 cm³/mol. The van der Waals surface area contributed by atoms with E-state index in [1.54, 1.807) is 0 Å². The molecule has 0 aliphatic carbocycles. The molecule has 5 nitrogen and oxygen atoms in total. The number of para-hydroxylation sites is 2. The summed E-state index contributed by atoms with van der Waals surface area (Å²) in [5.74, 6) is 2.36. The van der Waals surface area contributed by atoms with Crippen LogP contribution in [-0.4, -0.2) is 14.0 Å². The van der Waals surface area contributed by atoms with E-state index in [9.17, 15) is 0 Å². The largest absolute Gasteiger partial charge is 0.458 e. The number of nitrogens with zero attached hydrogens (tertiary/aromatic N) is 4. The van der Waals surface area contributed by atoms with Gasteiger partial charge in [-0.05, 0) is 97.7 Å². The average molecular weight is 779 g/mol. The Balaban J connectivity index is 1.04. The van der Waals surface area contributed by atoms with Crippen molar-refractivity contribution >= 4 is 86.8 Å². The second-order valence-corrected chi connectivity index (χ2v) is 15.7. The van der Waals surface area contributed by atoms with Gasteiger partial charge in [0.25, 0.3) is 0 Å². The molecule has 13 rings (SSSR count). The monoisotopic (exact) mass is 778 g/mol. The molecular weight excluding hydrogens is 745 g/mol. The Morgan fingerprint density at radius 2 is 1.03 bits per heavy atom. The van der Waals surface area contributed by atoms with E-state index >= 15 is 0 Å². The number of benzene rings is 7. The van der Waals surface area contributed by atoms with Crippen molar-refractivity contribution in [2.45, 2.75) is 0 Å². The summed E-state index contributed by atoms with van der Waals surface area (Å²) >= 11 is 0. The molecule has 5 heterocycles. The van der Waals surface area contributed by atoms with Crippen molar-refractivity contribution in [1.82, 2.24) is 14.0 Å². The summed E-state index contributed by atoms with van der Waals surface area (Å²) in [6, 6.07) is 66.6. The first kappa shape index (κ1) is 33.7. The highest BCUT2D eigenvalue weighted by atomic mass is 16.5. The van der Waals surface area contributed by atoms with Gasteiger partial charge in [0.2, 0.25) is 5.65 Å². The van der Waals surface area contributed by atoms with E-state index in [2.05, 4.69) is 196 Å². The lowest BCUT2D eigenvalue weighted by Gasteiger charge is -2.12. The molecule has 0 aliphatic heterocycles. The van der Waals surface area contributed by atoms with Gasteiger partial charge < -0.3 is 4.74 Å². The Morgan fingerprint density at radius 3 is 1.74 bits per heavy atom. The van der Waals surface area contributed by atoms with Gasteiger partial charge in [-0.3, -0.25) is 8.97 Å². The maximum atomic E-state index is 6.73. The predicted octanol–water partition coefficient (Wildman–Crippen LogP) is 13.8. The zero-order valence-electron chi connectivity index (χ0n) is 32.8. The number of fused-ring (bicyclic) bond motifs is 12. The van der Waals surface area contributed by atoms with Gasteiger partial charge in [0.1, 0.15) is 17.3 Å². The Bertz CT molecular complexity index is 3980. The van der Waals surface area contributed by atoms with Gasteiger partial charge in [-0.25, -0.2) is 9.38 Å². The van der Waals surface area contributed by atoms with Crippen LogP contribution in [0, 0.1) is 6.20 Å². The third-order valence-electron chi connectivity index (χ3n) is 12.4. The molecule has 13 aromatic rings. The third kappa shape index (κ3) is 5.08. The van der Waals surface area contributed by atoms with Crippen LogP contribution < -0.4 is 9.14 Å². The van der Waals surface area contributed by atoms with E-state index in [0.29, 0.717) is 0 Å². The van der Waals surface area contributed by atoms with Crippen molar-refractivity contribution < 1.29 is 9.14 Å². The topological polar surface area (TPSA) is 35.6 Å². The van der Waals surface area contributed by atoms with E-state index in [1.165, 1.54) is 53.9 Å². The number of hydrogen-bond donors (Lipinski definition) is 0. The molecule has 0 saturated heterocycles. The lowest BCUT2D eigenvalue weighted by molar-refractivity contribution is -0.516. The van der Waals surface area contributed by atoms with E-state index < -0.39 is 0 Å². The average Bonchev–Trinajstić information content (AvgIpc) is 3.84. The molecule has 0 saturated carbocycles. The van der Waals surface area contributed by atoms with Gasteiger partial charge in [-0.2, -0.15) is 0 Å². The molecule has 0 unspecified atom stereocenters. The summed E-state index contributed by atoms with van der Waals surface area (Å²) in [6.07, 6.45) is 10.3. The first-order chi connectivity index (χ1) is 30.3. The number of ether oxygens (including phenoxy) is 1. The van der Waals surface area contributed by atoms with E-state index in [0.717, 1.165) is 61.4 Å². The van der Waals surface area contributed by atoms with Gasteiger partial charge in [-0.1, -0.05) is 139 Å². The first-order valence-electron chi connectivity index (χ1n) is 20.6. The van der Waals surface area contributed by atoms with Crippen molar-refractivity contribution in [3.8, 4) is 28.4 Å². The molecule has 5 aromatic heterocycles. The van der Waals surface area contributed by atoms with Crippen LogP contribution in [0.5, 0.6) is 11.5 Å². The molecule has 0 N–H and O–H groups in total. The fourth-order valence-electron chi connectivity index (χ4n) is 9.76. The molecule has 8 aromatic carbocycles. The zero-order valence-corrected chi connectivity index (χ0v) is 32.8. The van der Waals surface area contributed by atoms with Crippen molar-refractivity contribution in [3.63, 3.8) is 0 Å². The molecule has 61 heavy (non-hydrogen) atoms. The van der Waals surface area contributed by atoms with Crippen LogP contribution in [0.3, 0.4) is 0 Å². The smallest absolute Gasteiger partial charge is 0.236 e. The van der Waals surface area contributed by atoms with Gasteiger partial charge in [0.05, 0.1) is 28.9 Å². The van der Waals surface area contributed by atoms with Gasteiger partial charge in [0.15, 0.2) is 0 Å². The lowest BCUT2D eigenvalue weighted by atomic mass is 10.0. The molecule has 0 bridgehead atoms. The van der Waals surface area contributed by atoms with Crippen LogP contribution in [0.4, 0.5) is 0 Å². The van der Waals surface area contributed by atoms with Crippen LogP contribution in [0.2, 0.25) is 0 Å². The minimum atomic E-state index is 0.743. The molecular formula is C56H34N4O. The van der Waals surface area contributed by atoms with Crippen LogP contribution in [0.25, 0.3) is 104 Å². The van der Waals surface area contributed by atoms with Crippen LogP contribution in [0.1, 0.15) is 0 Å². The summed E-state index contributed by atoms with van der Waals surface area (Å²) in [5, 5.41) is 14.3. The van der Waals surface area contributed by atoms with E-state index in [1.807, 2.05) is 30.5 Å². The third-order valence-corrected chi connectivity index (χ3v) is 12.4. The molecule has 0 fully saturated rings. The Labute approximate surface area is 349 Å². The second kappa shape index (κ2) is 13.1. The summed E-state index contributed by atoms with van der Waals surface area (Å²) in [4.78, 5) is 4.72. The Hall–Kier alpha value is -8.28. The maximum Gasteiger partial charge on any atom is 0.236 e. The fourth-order valence-corrected chi connectivity index (χ4v) is 9.76. The maximum absolute atomic E-state index is 6.73. The minimum absolute atomic E-state index is 0.743. The van der Waals surface area contributed by atoms with Crippen molar-refractivity contribution in [2.24, 2.45) is 0 Å². The first-order valence-corrected chi connectivity index (χ1v) is 20.6. The number of aromatic nitrogens is 4. The zero-order chi connectivity index (χ0) is 40.0. The molecule has 0 radical (unpaired) electrons. The highest BCUT2D eigenvalue weighted by Crippen LogP contribution is 2.40. The number of rotatable bonds is 4. The van der Waals surface area contributed by atoms with E-state index in [-0.39, 0.29) is 0 Å². The molecule has 0 aliphatic rings. The quantitative estimate of drug-likeness (QED) is 0.132. The second-order valence-electron chi connectivity index (χ2n) is 15.7. The molecule has 5 heteroatoms. The number of pyridine rings is 2. The van der Waals surface area contributed by atoms with Crippen molar-refractivity contribution in [1.29, 1.82) is 0 Å². The summed E-state index contributed by atoms with van der Waals surface area (Å²) in [5.41, 5.74) is 6.29. The Kier molecular flexibility index (Phi) is 7.24. The molecule has 0 spiro atoms. The summed E-state index contributed by atoms with van der Waals surface area (Å²) in [7, 11) is 0. The van der Waals surface area contributed by atoms with Gasteiger partial charge in [-0.15, -0.1) is 0 Å². The van der Waals surface area contributed by atoms with Crippen LogP contribution in [0.15, 0.2) is 207 Å². The van der Waals surface area contributed by atoms with Crippen molar-refractivity contribution in [2.75, 3.05) is 0 Å². The highest BCUT2D eigenvalue weighted by molar-refractivity contribution is 6.28. The molecule has 0 atom stereocenters. The van der Waals surface area contributed by atoms with E-state index in [4.69, 9.17) is 9.72 Å². The SMILES string of the molecule is [c-]1c(-c2cccc(Oc3ccc4c5ccccc5n(-c5ccccn5)c4c3)c2)c2ccccc2n2cc3c4ccccc4c4ccccc4c4ccccc4c4cc[n+]1c2c43. The van der Waals surface area contributed by atoms with Gasteiger partial charge in [0, 0.05) is 40.0 Å². The minimum Gasteiger partial charge on any atom is -0.458 e. The molecule has 284 valence electrons. The van der Waals surface area contributed by atoms with Crippen LogP contribution in [-0.2, 0) is 0 Å². The Morgan fingerprint density at radius 1 is 0.443 bits per heavy atom. The molecule has 0 amide bonds. The summed E-state index contributed by atoms with van der Waals surface area (Å²) in [6.45, 7) is 0. The lowest BCUT2D eigenvalue weighted by Crippen LogP contribution is -2.21. The number of hydrogen-bond acceptors (Lipinski definition) is 2. The normalized spacial score (nSPS) is 11.9. The van der Waals surface area contributed by atoms with Gasteiger partial charge >= 0.3 is 0 Å².